The minimum atomic E-state index is -0.977. The molecule has 4 rings (SSSR count). The molecule has 1 aliphatic heterocycles. The van der Waals surface area contributed by atoms with Crippen LogP contribution in [0.25, 0.3) is 5.76 Å². The van der Waals surface area contributed by atoms with Crippen LogP contribution in [0.1, 0.15) is 48.9 Å². The van der Waals surface area contributed by atoms with Crippen LogP contribution < -0.4 is 9.64 Å². The lowest BCUT2D eigenvalue weighted by Crippen LogP contribution is -2.29. The second-order valence-electron chi connectivity index (χ2n) is 8.50. The van der Waals surface area contributed by atoms with Crippen molar-refractivity contribution in [3.63, 3.8) is 0 Å². The molecule has 1 saturated heterocycles. The Morgan fingerprint density at radius 1 is 1.03 bits per heavy atom. The number of anilines is 1. The van der Waals surface area contributed by atoms with E-state index in [2.05, 4.69) is 6.92 Å². The maximum atomic E-state index is 13.2. The van der Waals surface area contributed by atoms with E-state index in [1.807, 2.05) is 6.07 Å². The van der Waals surface area contributed by atoms with E-state index < -0.39 is 17.7 Å². The molecule has 0 aliphatic carbocycles. The van der Waals surface area contributed by atoms with E-state index in [9.17, 15) is 19.8 Å². The second kappa shape index (κ2) is 10.8. The molecule has 0 saturated carbocycles. The monoisotopic (exact) mass is 482 g/mol. The molecule has 0 radical (unpaired) electrons. The molecule has 0 aromatic heterocycles. The van der Waals surface area contributed by atoms with Crippen LogP contribution >= 0.6 is 0 Å². The van der Waals surface area contributed by atoms with E-state index in [1.165, 1.54) is 17.0 Å². The molecule has 1 unspecified atom stereocenters. The number of benzene rings is 3. The van der Waals surface area contributed by atoms with Gasteiger partial charge in [0.15, 0.2) is 0 Å². The van der Waals surface area contributed by atoms with E-state index in [0.717, 1.165) is 19.3 Å². The highest BCUT2D eigenvalue weighted by Crippen LogP contribution is 2.42. The Kier molecular flexibility index (Phi) is 7.36. The van der Waals surface area contributed by atoms with Gasteiger partial charge in [0.25, 0.3) is 11.7 Å². The molecule has 1 amide bonds. The van der Waals surface area contributed by atoms with Crippen LogP contribution in [0.4, 0.5) is 5.69 Å². The third-order valence-corrected chi connectivity index (χ3v) is 6.05. The first-order chi connectivity index (χ1) is 17.4. The summed E-state index contributed by atoms with van der Waals surface area (Å²) < 4.78 is 5.73. The van der Waals surface area contributed by atoms with Gasteiger partial charge in [0.2, 0.25) is 0 Å². The number of carbonyl (C=O) groups is 2. The number of nitriles is 1. The molecule has 1 aliphatic rings. The van der Waals surface area contributed by atoms with Crippen LogP contribution in [0, 0.1) is 11.3 Å². The van der Waals surface area contributed by atoms with E-state index >= 15 is 0 Å². The van der Waals surface area contributed by atoms with Gasteiger partial charge >= 0.3 is 0 Å². The Bertz CT molecular complexity index is 1340. The van der Waals surface area contributed by atoms with Crippen molar-refractivity contribution < 1.29 is 24.5 Å². The Hall–Kier alpha value is -4.57. The van der Waals surface area contributed by atoms with Crippen molar-refractivity contribution in [2.45, 2.75) is 32.2 Å². The predicted molar refractivity (Wildman–Crippen MR) is 136 cm³/mol. The van der Waals surface area contributed by atoms with Gasteiger partial charge in [-0.25, -0.2) is 0 Å². The highest BCUT2D eigenvalue weighted by Gasteiger charge is 2.47. The van der Waals surface area contributed by atoms with Crippen molar-refractivity contribution in [2.24, 2.45) is 0 Å². The molecule has 182 valence electrons. The van der Waals surface area contributed by atoms with Crippen molar-refractivity contribution in [3.8, 4) is 17.6 Å². The lowest BCUT2D eigenvalue weighted by molar-refractivity contribution is -0.132. The maximum Gasteiger partial charge on any atom is 0.300 e. The van der Waals surface area contributed by atoms with Gasteiger partial charge in [-0.1, -0.05) is 31.9 Å². The minimum Gasteiger partial charge on any atom is -0.508 e. The third-order valence-electron chi connectivity index (χ3n) is 6.05. The molecule has 1 atom stereocenters. The topological polar surface area (TPSA) is 111 Å². The number of phenols is 1. The SMILES string of the molecule is CCCCCOc1ccc(/C(O)=C2/C(=O)C(=O)N(c3ccc(C#N)cc3)C2c2cccc(O)c2)cc1. The molecular weight excluding hydrogens is 456 g/mol. The van der Waals surface area contributed by atoms with Gasteiger partial charge < -0.3 is 14.9 Å². The fraction of sp³-hybridized carbons (Fsp3) is 0.207. The molecule has 1 heterocycles. The Morgan fingerprint density at radius 3 is 2.39 bits per heavy atom. The van der Waals surface area contributed by atoms with Gasteiger partial charge in [0, 0.05) is 11.3 Å². The lowest BCUT2D eigenvalue weighted by atomic mass is 9.95. The molecule has 3 aromatic rings. The molecular formula is C29H26N2O5. The summed E-state index contributed by atoms with van der Waals surface area (Å²) in [5, 5.41) is 30.4. The summed E-state index contributed by atoms with van der Waals surface area (Å²) in [5.74, 6) is -1.38. The zero-order chi connectivity index (χ0) is 25.7. The fourth-order valence-electron chi connectivity index (χ4n) is 4.21. The number of amides is 1. The largest absolute Gasteiger partial charge is 0.508 e. The predicted octanol–water partition coefficient (Wildman–Crippen LogP) is 5.46. The van der Waals surface area contributed by atoms with E-state index in [-0.39, 0.29) is 17.1 Å². The van der Waals surface area contributed by atoms with Gasteiger partial charge in [-0.2, -0.15) is 5.26 Å². The summed E-state index contributed by atoms with van der Waals surface area (Å²) in [6, 6.07) is 20.2. The number of ether oxygens (including phenoxy) is 1. The highest BCUT2D eigenvalue weighted by atomic mass is 16.5. The average molecular weight is 483 g/mol. The Morgan fingerprint density at radius 2 is 1.75 bits per heavy atom. The van der Waals surface area contributed by atoms with Crippen molar-refractivity contribution in [2.75, 3.05) is 11.5 Å². The number of phenolic OH excluding ortho intramolecular Hbond substituents is 1. The second-order valence-corrected chi connectivity index (χ2v) is 8.50. The van der Waals surface area contributed by atoms with Gasteiger partial charge in [0.05, 0.1) is 29.9 Å². The molecule has 0 bridgehead atoms. The number of hydrogen-bond acceptors (Lipinski definition) is 6. The summed E-state index contributed by atoms with van der Waals surface area (Å²) >= 11 is 0. The van der Waals surface area contributed by atoms with Crippen LogP contribution in [0.3, 0.4) is 0 Å². The van der Waals surface area contributed by atoms with Crippen LogP contribution in [0.5, 0.6) is 11.5 Å². The normalized spacial score (nSPS) is 16.7. The standard InChI is InChI=1S/C29H26N2O5/c1-2-3-4-16-36-24-14-10-20(11-15-24)27(33)25-26(21-6-5-7-23(32)17-21)31(29(35)28(25)34)22-12-8-19(18-30)9-13-22/h5-15,17,26,32-33H,2-4,16H2,1H3/b27-25-. The number of aliphatic hydroxyl groups excluding tert-OH is 1. The molecule has 1 fully saturated rings. The minimum absolute atomic E-state index is 0.0394. The number of hydrogen-bond donors (Lipinski definition) is 2. The van der Waals surface area contributed by atoms with Crippen molar-refractivity contribution in [1.29, 1.82) is 5.26 Å². The fourth-order valence-corrected chi connectivity index (χ4v) is 4.21. The zero-order valence-corrected chi connectivity index (χ0v) is 19.8. The number of ketones is 1. The highest BCUT2D eigenvalue weighted by molar-refractivity contribution is 6.51. The van der Waals surface area contributed by atoms with E-state index in [0.29, 0.717) is 34.7 Å². The first-order valence-corrected chi connectivity index (χ1v) is 11.8. The summed E-state index contributed by atoms with van der Waals surface area (Å²) in [6.07, 6.45) is 3.12. The quantitative estimate of drug-likeness (QED) is 0.191. The third kappa shape index (κ3) is 4.93. The van der Waals surface area contributed by atoms with E-state index in [1.54, 1.807) is 60.7 Å². The number of aliphatic hydroxyl groups is 1. The first kappa shape index (κ1) is 24.6. The summed E-state index contributed by atoms with van der Waals surface area (Å²) in [5.41, 5.74) is 1.52. The lowest BCUT2D eigenvalue weighted by Gasteiger charge is -2.25. The van der Waals surface area contributed by atoms with Crippen molar-refractivity contribution >= 4 is 23.1 Å². The maximum absolute atomic E-state index is 13.2. The van der Waals surface area contributed by atoms with Gasteiger partial charge in [0.1, 0.15) is 17.3 Å². The smallest absolute Gasteiger partial charge is 0.300 e. The number of rotatable bonds is 8. The van der Waals surface area contributed by atoms with Crippen LogP contribution in [-0.2, 0) is 9.59 Å². The number of Topliss-reactive ketones (excluding diaryl/α,β-unsaturated/α-hetero) is 1. The summed E-state index contributed by atoms with van der Waals surface area (Å²) in [6.45, 7) is 2.71. The van der Waals surface area contributed by atoms with Crippen molar-refractivity contribution in [1.82, 2.24) is 0 Å². The van der Waals surface area contributed by atoms with E-state index in [4.69, 9.17) is 10.00 Å². The molecule has 3 aromatic carbocycles. The molecule has 7 heteroatoms. The Balaban J connectivity index is 1.76. The molecule has 7 nitrogen and oxygen atoms in total. The molecule has 36 heavy (non-hydrogen) atoms. The summed E-state index contributed by atoms with van der Waals surface area (Å²) in [7, 11) is 0. The van der Waals surface area contributed by atoms with Crippen LogP contribution in [-0.4, -0.2) is 28.5 Å². The number of carbonyl (C=O) groups excluding carboxylic acids is 2. The molecule has 2 N–H and O–H groups in total. The van der Waals surface area contributed by atoms with Gasteiger partial charge in [-0.3, -0.25) is 14.5 Å². The number of nitrogens with zero attached hydrogens (tertiary/aromatic N) is 2. The molecule has 0 spiro atoms. The number of aromatic hydroxyl groups is 1. The summed E-state index contributed by atoms with van der Waals surface area (Å²) in [4.78, 5) is 27.7. The average Bonchev–Trinajstić information content (AvgIpc) is 3.17. The number of unbranched alkanes of at least 4 members (excludes halogenated alkanes) is 2. The van der Waals surface area contributed by atoms with Gasteiger partial charge in [-0.15, -0.1) is 0 Å². The van der Waals surface area contributed by atoms with Crippen LogP contribution in [0.2, 0.25) is 0 Å². The van der Waals surface area contributed by atoms with Gasteiger partial charge in [-0.05, 0) is 72.6 Å². The van der Waals surface area contributed by atoms with Crippen LogP contribution in [0.15, 0.2) is 78.4 Å². The Labute approximate surface area is 209 Å². The van der Waals surface area contributed by atoms with Crippen molar-refractivity contribution in [3.05, 3.63) is 95.1 Å². The first-order valence-electron chi connectivity index (χ1n) is 11.8. The zero-order valence-electron chi connectivity index (χ0n) is 19.8.